The molecule has 0 saturated carbocycles. The van der Waals surface area contributed by atoms with Crippen LogP contribution in [0.5, 0.6) is 0 Å². The van der Waals surface area contributed by atoms with Gasteiger partial charge < -0.3 is 5.32 Å². The number of aromatic nitrogens is 1. The Balaban J connectivity index is 2.33. The highest BCUT2D eigenvalue weighted by atomic mass is 35.5. The molecule has 8 heteroatoms. The largest absolute Gasteiger partial charge is 0.318 e. The van der Waals surface area contributed by atoms with E-state index in [1.807, 2.05) is 0 Å². The molecule has 0 aliphatic rings. The Kier molecular flexibility index (Phi) is 4.70. The minimum absolute atomic E-state index is 0.0000457. The third-order valence-corrected chi connectivity index (χ3v) is 3.78. The molecule has 1 aromatic heterocycles. The van der Waals surface area contributed by atoms with E-state index in [0.717, 1.165) is 6.07 Å². The van der Waals surface area contributed by atoms with Gasteiger partial charge in [0.2, 0.25) is 0 Å². The van der Waals surface area contributed by atoms with Crippen molar-refractivity contribution in [2.24, 2.45) is 0 Å². The van der Waals surface area contributed by atoms with E-state index in [2.05, 4.69) is 10.3 Å². The van der Waals surface area contributed by atoms with Gasteiger partial charge in [-0.05, 0) is 18.2 Å². The highest BCUT2D eigenvalue weighted by molar-refractivity contribution is 6.49. The van der Waals surface area contributed by atoms with Gasteiger partial charge in [0.05, 0.1) is 20.8 Å². The van der Waals surface area contributed by atoms with E-state index in [0.29, 0.717) is 0 Å². The minimum atomic E-state index is -0.727. The minimum Gasteiger partial charge on any atom is -0.318 e. The van der Waals surface area contributed by atoms with Crippen LogP contribution in [0.4, 0.5) is 10.1 Å². The number of halogens is 5. The van der Waals surface area contributed by atoms with Gasteiger partial charge in [0.15, 0.2) is 0 Å². The highest BCUT2D eigenvalue weighted by Gasteiger charge is 2.18. The van der Waals surface area contributed by atoms with Crippen LogP contribution < -0.4 is 5.32 Å². The summed E-state index contributed by atoms with van der Waals surface area (Å²) in [7, 11) is 0. The van der Waals surface area contributed by atoms with E-state index in [-0.39, 0.29) is 31.5 Å². The molecule has 20 heavy (non-hydrogen) atoms. The predicted octanol–water partition coefficient (Wildman–Crippen LogP) is 5.09. The highest BCUT2D eigenvalue weighted by Crippen LogP contribution is 2.31. The van der Waals surface area contributed by atoms with E-state index >= 15 is 0 Å². The SMILES string of the molecule is O=C(Nc1cc(Cl)ccc1F)c1ncc(Cl)c(Cl)c1Cl. The van der Waals surface area contributed by atoms with Crippen LogP contribution in [-0.2, 0) is 0 Å². The lowest BCUT2D eigenvalue weighted by atomic mass is 10.2. The van der Waals surface area contributed by atoms with Gasteiger partial charge in [-0.2, -0.15) is 0 Å². The molecule has 0 radical (unpaired) electrons. The van der Waals surface area contributed by atoms with Crippen molar-refractivity contribution in [3.05, 3.63) is 56.0 Å². The summed E-state index contributed by atoms with van der Waals surface area (Å²) in [5, 5.41) is 2.58. The molecule has 0 fully saturated rings. The molecule has 3 nitrogen and oxygen atoms in total. The maximum absolute atomic E-state index is 13.5. The van der Waals surface area contributed by atoms with Crippen LogP contribution in [0.1, 0.15) is 10.5 Å². The first-order valence-electron chi connectivity index (χ1n) is 5.16. The van der Waals surface area contributed by atoms with E-state index < -0.39 is 11.7 Å². The fraction of sp³-hybridized carbons (Fsp3) is 0. The molecule has 2 rings (SSSR count). The second kappa shape index (κ2) is 6.14. The van der Waals surface area contributed by atoms with Crippen molar-refractivity contribution in [1.29, 1.82) is 0 Å². The molecule has 104 valence electrons. The van der Waals surface area contributed by atoms with E-state index in [9.17, 15) is 9.18 Å². The van der Waals surface area contributed by atoms with Crippen molar-refractivity contribution in [3.8, 4) is 0 Å². The van der Waals surface area contributed by atoms with Crippen LogP contribution in [-0.4, -0.2) is 10.9 Å². The molecule has 1 amide bonds. The average molecular weight is 354 g/mol. The van der Waals surface area contributed by atoms with Gasteiger partial charge >= 0.3 is 0 Å². The normalized spacial score (nSPS) is 10.4. The Morgan fingerprint density at radius 2 is 1.85 bits per heavy atom. The molecule has 0 atom stereocenters. The number of amides is 1. The summed E-state index contributed by atoms with van der Waals surface area (Å²) in [5.74, 6) is -1.37. The number of hydrogen-bond acceptors (Lipinski definition) is 2. The Morgan fingerprint density at radius 1 is 1.15 bits per heavy atom. The molecule has 1 heterocycles. The number of pyridine rings is 1. The van der Waals surface area contributed by atoms with Crippen molar-refractivity contribution in [1.82, 2.24) is 4.98 Å². The topological polar surface area (TPSA) is 42.0 Å². The van der Waals surface area contributed by atoms with Crippen LogP contribution in [0.15, 0.2) is 24.4 Å². The number of carbonyl (C=O) groups excluding carboxylic acids is 1. The number of benzene rings is 1. The van der Waals surface area contributed by atoms with Crippen molar-refractivity contribution in [2.75, 3.05) is 5.32 Å². The fourth-order valence-electron chi connectivity index (χ4n) is 1.38. The Hall–Kier alpha value is -1.07. The second-order valence-electron chi connectivity index (χ2n) is 3.66. The zero-order valence-corrected chi connectivity index (χ0v) is 12.6. The molecular weight excluding hydrogens is 349 g/mol. The van der Waals surface area contributed by atoms with Crippen LogP contribution in [0.3, 0.4) is 0 Å². The van der Waals surface area contributed by atoms with Crippen molar-refractivity contribution in [2.45, 2.75) is 0 Å². The van der Waals surface area contributed by atoms with Crippen molar-refractivity contribution < 1.29 is 9.18 Å². The molecule has 0 saturated heterocycles. The summed E-state index contributed by atoms with van der Waals surface area (Å²) in [4.78, 5) is 15.8. The zero-order valence-electron chi connectivity index (χ0n) is 9.55. The summed E-state index contributed by atoms with van der Waals surface area (Å²) in [6, 6.07) is 3.75. The number of hydrogen-bond donors (Lipinski definition) is 1. The number of rotatable bonds is 2. The van der Waals surface area contributed by atoms with Gasteiger partial charge in [0.25, 0.3) is 5.91 Å². The molecule has 1 N–H and O–H groups in total. The summed E-state index contributed by atoms with van der Waals surface area (Å²) in [6.07, 6.45) is 1.18. The lowest BCUT2D eigenvalue weighted by molar-refractivity contribution is 0.102. The number of anilines is 1. The lowest BCUT2D eigenvalue weighted by Crippen LogP contribution is -2.15. The maximum atomic E-state index is 13.5. The van der Waals surface area contributed by atoms with Gasteiger partial charge in [-0.1, -0.05) is 46.4 Å². The number of nitrogens with zero attached hydrogens (tertiary/aromatic N) is 1. The first-order chi connectivity index (χ1) is 9.40. The van der Waals surface area contributed by atoms with Crippen molar-refractivity contribution >= 4 is 58.0 Å². The van der Waals surface area contributed by atoms with E-state index in [1.165, 1.54) is 18.3 Å². The maximum Gasteiger partial charge on any atom is 0.275 e. The molecule has 0 aliphatic heterocycles. The molecule has 2 aromatic rings. The quantitative estimate of drug-likeness (QED) is 0.817. The summed E-state index contributed by atoms with van der Waals surface area (Å²) in [6.45, 7) is 0. The van der Waals surface area contributed by atoms with Crippen LogP contribution in [0.25, 0.3) is 0 Å². The Labute approximate surface area is 133 Å². The smallest absolute Gasteiger partial charge is 0.275 e. The van der Waals surface area contributed by atoms with Gasteiger partial charge in [-0.15, -0.1) is 0 Å². The van der Waals surface area contributed by atoms with E-state index in [1.54, 1.807) is 0 Å². The summed E-state index contributed by atoms with van der Waals surface area (Å²) in [5.41, 5.74) is -0.258. The van der Waals surface area contributed by atoms with Crippen LogP contribution in [0, 0.1) is 5.82 Å². The van der Waals surface area contributed by atoms with Gasteiger partial charge in [0.1, 0.15) is 11.5 Å². The summed E-state index contributed by atoms with van der Waals surface area (Å²) >= 11 is 23.1. The monoisotopic (exact) mass is 352 g/mol. The fourth-order valence-corrected chi connectivity index (χ4v) is 2.11. The molecule has 0 spiro atoms. The zero-order chi connectivity index (χ0) is 14.9. The third kappa shape index (κ3) is 3.15. The predicted molar refractivity (Wildman–Crippen MR) is 78.6 cm³/mol. The number of nitrogens with one attached hydrogen (secondary N) is 1. The van der Waals surface area contributed by atoms with Gasteiger partial charge in [-0.25, -0.2) is 9.37 Å². The Bertz CT molecular complexity index is 693. The standard InChI is InChI=1S/C12H5Cl4FN2O/c13-5-1-2-7(17)8(3-5)19-12(20)11-10(16)9(15)6(14)4-18-11/h1-4H,(H,19,20). The van der Waals surface area contributed by atoms with Crippen LogP contribution in [0.2, 0.25) is 20.1 Å². The first kappa shape index (κ1) is 15.3. The molecule has 1 aromatic carbocycles. The Morgan fingerprint density at radius 3 is 2.55 bits per heavy atom. The van der Waals surface area contributed by atoms with Crippen molar-refractivity contribution in [3.63, 3.8) is 0 Å². The molecule has 0 aliphatic carbocycles. The molecule has 0 bridgehead atoms. The van der Waals surface area contributed by atoms with Gasteiger partial charge in [0, 0.05) is 11.2 Å². The van der Waals surface area contributed by atoms with E-state index in [4.69, 9.17) is 46.4 Å². The lowest BCUT2D eigenvalue weighted by Gasteiger charge is -2.08. The molecular formula is C12H5Cl4FN2O. The number of carbonyl (C=O) groups is 1. The molecule has 0 unspecified atom stereocenters. The van der Waals surface area contributed by atoms with Crippen LogP contribution >= 0.6 is 46.4 Å². The third-order valence-electron chi connectivity index (χ3n) is 2.31. The first-order valence-corrected chi connectivity index (χ1v) is 6.67. The average Bonchev–Trinajstić information content (AvgIpc) is 2.40. The van der Waals surface area contributed by atoms with Gasteiger partial charge in [-0.3, -0.25) is 4.79 Å². The second-order valence-corrected chi connectivity index (χ2v) is 5.26. The summed E-state index contributed by atoms with van der Waals surface area (Å²) < 4.78 is 13.5.